The van der Waals surface area contributed by atoms with Crippen LogP contribution in [0.5, 0.6) is 0 Å². The summed E-state index contributed by atoms with van der Waals surface area (Å²) in [6.07, 6.45) is -2.31. The molecule has 0 saturated carbocycles. The highest BCUT2D eigenvalue weighted by molar-refractivity contribution is 7.81. The van der Waals surface area contributed by atoms with Crippen molar-refractivity contribution in [1.82, 2.24) is 14.9 Å². The van der Waals surface area contributed by atoms with Crippen LogP contribution in [-0.2, 0) is 22.3 Å². The number of hydrogen-bond donors (Lipinski definition) is 1. The van der Waals surface area contributed by atoms with Crippen molar-refractivity contribution >= 4 is 30.2 Å². The minimum atomic E-state index is -4.81. The molecule has 174 valence electrons. The van der Waals surface area contributed by atoms with Crippen molar-refractivity contribution in [2.24, 2.45) is 0 Å². The summed E-state index contributed by atoms with van der Waals surface area (Å²) in [5.41, 5.74) is -3.41. The number of carbonyl (C=O) groups is 2. The van der Waals surface area contributed by atoms with Gasteiger partial charge < -0.3 is 4.74 Å². The number of alkyl halides is 3. The molecule has 3 heterocycles. The van der Waals surface area contributed by atoms with Crippen LogP contribution in [-0.4, -0.2) is 44.4 Å². The molecule has 0 radical (unpaired) electrons. The monoisotopic (exact) mass is 479 g/mol. The van der Waals surface area contributed by atoms with Gasteiger partial charge in [-0.3, -0.25) is 14.6 Å². The van der Waals surface area contributed by atoms with Crippen LogP contribution in [0.2, 0.25) is 0 Å². The first-order chi connectivity index (χ1) is 15.4. The maximum absolute atomic E-state index is 13.4. The molecule has 12 heteroatoms. The summed E-state index contributed by atoms with van der Waals surface area (Å²) in [4.78, 5) is 35.4. The lowest BCUT2D eigenvalue weighted by atomic mass is 10.0. The number of hydrogen-bond acceptors (Lipinski definition) is 8. The molecule has 1 aliphatic rings. The Labute approximate surface area is 193 Å². The molecule has 0 N–H and O–H groups in total. The first-order valence-corrected chi connectivity index (χ1v) is 10.3. The normalized spacial score (nSPS) is 18.3. The molecule has 2 aromatic heterocycles. The maximum atomic E-state index is 13.4. The Morgan fingerprint density at radius 1 is 1.30 bits per heavy atom. The molecule has 1 atom stereocenters. The van der Waals surface area contributed by atoms with Crippen LogP contribution in [0.25, 0.3) is 0 Å². The maximum Gasteiger partial charge on any atom is 0.419 e. The SMILES string of the molecule is CCOC(=O)c1ccc(CN2C(S)N(c3cnc(C#N)c(C(F)(F)F)c3)C(=O)C2(C)C)cn1. The smallest absolute Gasteiger partial charge is 0.419 e. The number of ether oxygens (including phenoxy) is 1. The van der Waals surface area contributed by atoms with E-state index in [2.05, 4.69) is 22.6 Å². The van der Waals surface area contributed by atoms with Gasteiger partial charge in [-0.2, -0.15) is 18.4 Å². The summed E-state index contributed by atoms with van der Waals surface area (Å²) in [5, 5.41) is 8.96. The Bertz CT molecular complexity index is 1120. The van der Waals surface area contributed by atoms with Crippen molar-refractivity contribution in [2.75, 3.05) is 11.5 Å². The molecule has 0 spiro atoms. The molecule has 2 aromatic rings. The summed E-state index contributed by atoms with van der Waals surface area (Å²) in [5.74, 6) is -1.05. The van der Waals surface area contributed by atoms with Crippen molar-refractivity contribution in [3.05, 3.63) is 53.1 Å². The summed E-state index contributed by atoms with van der Waals surface area (Å²) in [6, 6.07) is 5.28. The van der Waals surface area contributed by atoms with Crippen molar-refractivity contribution < 1.29 is 27.5 Å². The molecule has 3 rings (SSSR count). The average Bonchev–Trinajstić information content (AvgIpc) is 2.92. The van der Waals surface area contributed by atoms with Crippen molar-refractivity contribution in [3.8, 4) is 6.07 Å². The van der Waals surface area contributed by atoms with Crippen LogP contribution in [0.15, 0.2) is 30.6 Å². The second-order valence-corrected chi connectivity index (χ2v) is 8.14. The third-order valence-corrected chi connectivity index (χ3v) is 5.70. The van der Waals surface area contributed by atoms with Gasteiger partial charge in [0.05, 0.1) is 29.6 Å². The molecule has 0 aliphatic carbocycles. The van der Waals surface area contributed by atoms with Gasteiger partial charge >= 0.3 is 12.1 Å². The van der Waals surface area contributed by atoms with Crippen molar-refractivity contribution in [2.45, 2.75) is 44.5 Å². The number of halogens is 3. The summed E-state index contributed by atoms with van der Waals surface area (Å²) < 4.78 is 45.1. The molecule has 1 unspecified atom stereocenters. The van der Waals surface area contributed by atoms with Crippen LogP contribution in [0.1, 0.15) is 48.1 Å². The Hall–Kier alpha value is -3.17. The number of aromatic nitrogens is 2. The van der Waals surface area contributed by atoms with Gasteiger partial charge in [0.15, 0.2) is 5.69 Å². The molecular formula is C21H20F3N5O3S. The van der Waals surface area contributed by atoms with Crippen LogP contribution in [0.3, 0.4) is 0 Å². The van der Waals surface area contributed by atoms with Crippen molar-refractivity contribution in [1.29, 1.82) is 5.26 Å². The lowest BCUT2D eigenvalue weighted by Gasteiger charge is -2.31. The standard InChI is InChI=1S/C21H20F3N5O3S/c1-4-32-17(30)15-6-5-12(9-26-15)11-28-19(33)29(18(31)20(28,2)3)13-7-14(21(22,23)24)16(8-25)27-10-13/h5-7,9-10,19,33H,4,11H2,1-3H3. The topological polar surface area (TPSA) is 99.4 Å². The summed E-state index contributed by atoms with van der Waals surface area (Å²) in [6.45, 7) is 5.32. The molecule has 1 saturated heterocycles. The number of pyridine rings is 2. The fraction of sp³-hybridized carbons (Fsp3) is 0.381. The van der Waals surface area contributed by atoms with E-state index in [0.717, 1.165) is 17.2 Å². The quantitative estimate of drug-likeness (QED) is 0.518. The van der Waals surface area contributed by atoms with Gasteiger partial charge in [-0.15, -0.1) is 12.6 Å². The zero-order valence-electron chi connectivity index (χ0n) is 17.9. The predicted molar refractivity (Wildman–Crippen MR) is 114 cm³/mol. The Kier molecular flexibility index (Phi) is 6.67. The molecule has 1 fully saturated rings. The summed E-state index contributed by atoms with van der Waals surface area (Å²) >= 11 is 4.50. The van der Waals surface area contributed by atoms with E-state index < -0.39 is 40.3 Å². The van der Waals surface area contributed by atoms with Crippen LogP contribution in [0.4, 0.5) is 18.9 Å². The molecular weight excluding hydrogens is 459 g/mol. The third kappa shape index (κ3) is 4.65. The van der Waals surface area contributed by atoms with E-state index in [0.29, 0.717) is 5.56 Å². The van der Waals surface area contributed by atoms with E-state index in [1.54, 1.807) is 31.7 Å². The Balaban J connectivity index is 1.91. The number of nitrogens with zero attached hydrogens (tertiary/aromatic N) is 5. The van der Waals surface area contributed by atoms with E-state index in [1.165, 1.54) is 18.3 Å². The molecule has 1 aliphatic heterocycles. The van der Waals surface area contributed by atoms with Gasteiger partial charge in [0.25, 0.3) is 0 Å². The number of esters is 1. The van der Waals surface area contributed by atoms with E-state index in [1.807, 2.05) is 0 Å². The highest BCUT2D eigenvalue weighted by Gasteiger charge is 2.51. The Morgan fingerprint density at radius 3 is 2.55 bits per heavy atom. The molecule has 0 aromatic carbocycles. The highest BCUT2D eigenvalue weighted by atomic mass is 32.1. The fourth-order valence-corrected chi connectivity index (χ4v) is 4.02. The highest BCUT2D eigenvalue weighted by Crippen LogP contribution is 2.40. The predicted octanol–water partition coefficient (Wildman–Crippen LogP) is 3.38. The largest absolute Gasteiger partial charge is 0.461 e. The number of rotatable bonds is 5. The zero-order valence-corrected chi connectivity index (χ0v) is 18.8. The van der Waals surface area contributed by atoms with E-state index in [-0.39, 0.29) is 24.5 Å². The average molecular weight is 479 g/mol. The van der Waals surface area contributed by atoms with Gasteiger partial charge in [0, 0.05) is 12.7 Å². The molecule has 8 nitrogen and oxygen atoms in total. The van der Waals surface area contributed by atoms with E-state index >= 15 is 0 Å². The fourth-order valence-electron chi connectivity index (χ4n) is 3.41. The van der Waals surface area contributed by atoms with E-state index in [4.69, 9.17) is 10.00 Å². The number of carbonyl (C=O) groups excluding carboxylic acids is 2. The first kappa shape index (κ1) is 24.5. The number of amides is 1. The second-order valence-electron chi connectivity index (χ2n) is 7.68. The lowest BCUT2D eigenvalue weighted by molar-refractivity contribution is -0.138. The molecule has 0 bridgehead atoms. The van der Waals surface area contributed by atoms with Crippen LogP contribution in [0, 0.1) is 11.3 Å². The van der Waals surface area contributed by atoms with Crippen LogP contribution < -0.4 is 4.90 Å². The Morgan fingerprint density at radius 2 is 2.00 bits per heavy atom. The van der Waals surface area contributed by atoms with Crippen LogP contribution >= 0.6 is 12.6 Å². The second kappa shape index (κ2) is 8.99. The minimum absolute atomic E-state index is 0.127. The molecule has 1 amide bonds. The van der Waals surface area contributed by atoms with Crippen molar-refractivity contribution in [3.63, 3.8) is 0 Å². The molecule has 33 heavy (non-hydrogen) atoms. The minimum Gasteiger partial charge on any atom is -0.461 e. The van der Waals surface area contributed by atoms with Gasteiger partial charge in [-0.25, -0.2) is 14.8 Å². The van der Waals surface area contributed by atoms with Gasteiger partial charge in [-0.1, -0.05) is 6.07 Å². The number of anilines is 1. The first-order valence-electron chi connectivity index (χ1n) is 9.79. The lowest BCUT2D eigenvalue weighted by Crippen LogP contribution is -2.44. The third-order valence-electron chi connectivity index (χ3n) is 5.19. The van der Waals surface area contributed by atoms with Gasteiger partial charge in [-0.05, 0) is 38.5 Å². The van der Waals surface area contributed by atoms with Gasteiger partial charge in [0.1, 0.15) is 17.3 Å². The number of thiol groups is 1. The number of nitriles is 1. The zero-order chi connectivity index (χ0) is 24.6. The van der Waals surface area contributed by atoms with Gasteiger partial charge in [0.2, 0.25) is 5.91 Å². The summed E-state index contributed by atoms with van der Waals surface area (Å²) in [7, 11) is 0. The van der Waals surface area contributed by atoms with E-state index in [9.17, 15) is 22.8 Å².